The van der Waals surface area contributed by atoms with Gasteiger partial charge < -0.3 is 10.0 Å². The Morgan fingerprint density at radius 2 is 2.00 bits per heavy atom. The third-order valence-electron chi connectivity index (χ3n) is 2.63. The molecule has 86 valence electrons. The van der Waals surface area contributed by atoms with Crippen LogP contribution in [0.1, 0.15) is 29.8 Å². The molecule has 1 aromatic rings. The predicted octanol–water partition coefficient (Wildman–Crippen LogP) is 1.82. The minimum atomic E-state index is -1.12. The lowest BCUT2D eigenvalue weighted by Gasteiger charge is -2.28. The second-order valence-electron chi connectivity index (χ2n) is 3.71. The lowest BCUT2D eigenvalue weighted by molar-refractivity contribution is 0.0690. The minimum absolute atomic E-state index is 0.128. The van der Waals surface area contributed by atoms with Gasteiger partial charge in [-0.1, -0.05) is 11.6 Å². The van der Waals surface area contributed by atoms with Crippen LogP contribution in [-0.2, 0) is 0 Å². The number of halogens is 1. The van der Waals surface area contributed by atoms with Crippen LogP contribution in [0.15, 0.2) is 6.33 Å². The minimum Gasteiger partial charge on any atom is -0.476 e. The molecular weight excluding hydrogens is 230 g/mol. The molecule has 0 amide bonds. The fourth-order valence-electron chi connectivity index (χ4n) is 1.84. The van der Waals surface area contributed by atoms with Crippen molar-refractivity contribution >= 4 is 23.4 Å². The van der Waals surface area contributed by atoms with Crippen molar-refractivity contribution in [3.63, 3.8) is 0 Å². The predicted molar refractivity (Wildman–Crippen MR) is 60.1 cm³/mol. The molecule has 0 unspecified atom stereocenters. The standard InChI is InChI=1S/C10H12ClN3O2/c11-7-8(10(15)16)12-6-13-9(7)14-4-2-1-3-5-14/h6H,1-5H2,(H,15,16). The third-order valence-corrected chi connectivity index (χ3v) is 2.98. The second kappa shape index (κ2) is 4.65. The van der Waals surface area contributed by atoms with E-state index in [9.17, 15) is 4.79 Å². The van der Waals surface area contributed by atoms with Crippen molar-refractivity contribution in [2.24, 2.45) is 0 Å². The quantitative estimate of drug-likeness (QED) is 0.856. The van der Waals surface area contributed by atoms with Crippen LogP contribution in [0.3, 0.4) is 0 Å². The highest BCUT2D eigenvalue weighted by atomic mass is 35.5. The van der Waals surface area contributed by atoms with E-state index in [0.29, 0.717) is 5.82 Å². The first kappa shape index (κ1) is 11.1. The number of anilines is 1. The number of rotatable bonds is 2. The first-order valence-electron chi connectivity index (χ1n) is 5.19. The lowest BCUT2D eigenvalue weighted by Crippen LogP contribution is -2.30. The van der Waals surface area contributed by atoms with E-state index in [0.717, 1.165) is 25.9 Å². The molecule has 1 saturated heterocycles. The van der Waals surface area contributed by atoms with Crippen molar-refractivity contribution in [3.8, 4) is 0 Å². The van der Waals surface area contributed by atoms with Gasteiger partial charge in [0, 0.05) is 13.1 Å². The molecular formula is C10H12ClN3O2. The van der Waals surface area contributed by atoms with Gasteiger partial charge in [0.1, 0.15) is 11.3 Å². The highest BCUT2D eigenvalue weighted by Gasteiger charge is 2.20. The highest BCUT2D eigenvalue weighted by Crippen LogP contribution is 2.27. The molecule has 2 rings (SSSR count). The van der Waals surface area contributed by atoms with Crippen molar-refractivity contribution < 1.29 is 9.90 Å². The SMILES string of the molecule is O=C(O)c1ncnc(N2CCCCC2)c1Cl. The summed E-state index contributed by atoms with van der Waals surface area (Å²) in [5.41, 5.74) is -0.128. The summed E-state index contributed by atoms with van der Waals surface area (Å²) in [4.78, 5) is 20.6. The molecule has 0 aliphatic carbocycles. The summed E-state index contributed by atoms with van der Waals surface area (Å²) in [6, 6.07) is 0. The molecule has 1 fully saturated rings. The third kappa shape index (κ3) is 2.09. The average Bonchev–Trinajstić information content (AvgIpc) is 2.30. The second-order valence-corrected chi connectivity index (χ2v) is 4.09. The molecule has 1 aliphatic heterocycles. The lowest BCUT2D eigenvalue weighted by atomic mass is 10.1. The van der Waals surface area contributed by atoms with Crippen LogP contribution in [-0.4, -0.2) is 34.1 Å². The Morgan fingerprint density at radius 3 is 2.62 bits per heavy atom. The Bertz CT molecular complexity index is 405. The van der Waals surface area contributed by atoms with Gasteiger partial charge >= 0.3 is 5.97 Å². The number of carboxylic acid groups (broad SMARTS) is 1. The van der Waals surface area contributed by atoms with E-state index in [1.807, 2.05) is 4.90 Å². The molecule has 2 heterocycles. The van der Waals surface area contributed by atoms with E-state index in [1.165, 1.54) is 12.7 Å². The number of hydrogen-bond acceptors (Lipinski definition) is 4. The maximum Gasteiger partial charge on any atom is 0.356 e. The van der Waals surface area contributed by atoms with Gasteiger partial charge in [0.15, 0.2) is 11.5 Å². The molecule has 0 saturated carbocycles. The summed E-state index contributed by atoms with van der Waals surface area (Å²) >= 11 is 5.99. The van der Waals surface area contributed by atoms with Crippen molar-refractivity contribution in [1.82, 2.24) is 9.97 Å². The van der Waals surface area contributed by atoms with E-state index in [4.69, 9.17) is 16.7 Å². The molecule has 0 radical (unpaired) electrons. The molecule has 1 aliphatic rings. The van der Waals surface area contributed by atoms with Gasteiger partial charge in [-0.3, -0.25) is 0 Å². The van der Waals surface area contributed by atoms with E-state index in [2.05, 4.69) is 9.97 Å². The number of nitrogens with zero attached hydrogens (tertiary/aromatic N) is 3. The normalized spacial score (nSPS) is 16.2. The van der Waals surface area contributed by atoms with Gasteiger partial charge in [-0.05, 0) is 19.3 Å². The van der Waals surface area contributed by atoms with Crippen LogP contribution in [0.2, 0.25) is 5.02 Å². The van der Waals surface area contributed by atoms with Gasteiger partial charge in [0.05, 0.1) is 0 Å². The molecule has 0 bridgehead atoms. The average molecular weight is 242 g/mol. The Morgan fingerprint density at radius 1 is 1.31 bits per heavy atom. The number of aromatic carboxylic acids is 1. The molecule has 1 aromatic heterocycles. The van der Waals surface area contributed by atoms with Crippen LogP contribution in [0.25, 0.3) is 0 Å². The molecule has 0 aromatic carbocycles. The van der Waals surface area contributed by atoms with Crippen molar-refractivity contribution in [1.29, 1.82) is 0 Å². The number of piperidine rings is 1. The van der Waals surface area contributed by atoms with Crippen LogP contribution in [0.4, 0.5) is 5.82 Å². The van der Waals surface area contributed by atoms with Crippen LogP contribution in [0, 0.1) is 0 Å². The molecule has 6 heteroatoms. The van der Waals surface area contributed by atoms with Crippen LogP contribution in [0.5, 0.6) is 0 Å². The number of hydrogen-bond donors (Lipinski definition) is 1. The molecule has 1 N–H and O–H groups in total. The Kier molecular flexibility index (Phi) is 3.24. The van der Waals surface area contributed by atoms with E-state index < -0.39 is 5.97 Å². The molecule has 5 nitrogen and oxygen atoms in total. The van der Waals surface area contributed by atoms with Gasteiger partial charge in [-0.2, -0.15) is 0 Å². The van der Waals surface area contributed by atoms with Gasteiger partial charge in [-0.15, -0.1) is 0 Å². The Hall–Kier alpha value is -1.36. The molecule has 0 atom stereocenters. The summed E-state index contributed by atoms with van der Waals surface area (Å²) in [6.45, 7) is 1.74. The highest BCUT2D eigenvalue weighted by molar-refractivity contribution is 6.35. The summed E-state index contributed by atoms with van der Waals surface area (Å²) in [7, 11) is 0. The fourth-order valence-corrected chi connectivity index (χ4v) is 2.13. The van der Waals surface area contributed by atoms with Gasteiger partial charge in [0.25, 0.3) is 0 Å². The maximum atomic E-state index is 10.9. The monoisotopic (exact) mass is 241 g/mol. The number of aromatic nitrogens is 2. The zero-order valence-corrected chi connectivity index (χ0v) is 9.44. The summed E-state index contributed by atoms with van der Waals surface area (Å²) in [6.07, 6.45) is 4.62. The summed E-state index contributed by atoms with van der Waals surface area (Å²) in [5, 5.41) is 9.03. The largest absolute Gasteiger partial charge is 0.476 e. The zero-order chi connectivity index (χ0) is 11.5. The Labute approximate surface area is 98.1 Å². The van der Waals surface area contributed by atoms with E-state index >= 15 is 0 Å². The first-order valence-corrected chi connectivity index (χ1v) is 5.56. The van der Waals surface area contributed by atoms with Crippen LogP contribution >= 0.6 is 11.6 Å². The van der Waals surface area contributed by atoms with E-state index in [-0.39, 0.29) is 10.7 Å². The van der Waals surface area contributed by atoms with Crippen molar-refractivity contribution in [2.75, 3.05) is 18.0 Å². The maximum absolute atomic E-state index is 10.9. The van der Waals surface area contributed by atoms with Crippen molar-refractivity contribution in [3.05, 3.63) is 17.0 Å². The van der Waals surface area contributed by atoms with Crippen LogP contribution < -0.4 is 4.90 Å². The summed E-state index contributed by atoms with van der Waals surface area (Å²) in [5.74, 6) is -0.584. The summed E-state index contributed by atoms with van der Waals surface area (Å²) < 4.78 is 0. The topological polar surface area (TPSA) is 66.3 Å². The van der Waals surface area contributed by atoms with Crippen molar-refractivity contribution in [2.45, 2.75) is 19.3 Å². The fraction of sp³-hybridized carbons (Fsp3) is 0.500. The molecule has 0 spiro atoms. The molecule has 16 heavy (non-hydrogen) atoms. The Balaban J connectivity index is 2.33. The van der Waals surface area contributed by atoms with E-state index in [1.54, 1.807) is 0 Å². The first-order chi connectivity index (χ1) is 7.70. The van der Waals surface area contributed by atoms with Gasteiger partial charge in [-0.25, -0.2) is 14.8 Å². The number of carbonyl (C=O) groups is 1. The number of carboxylic acids is 1. The smallest absolute Gasteiger partial charge is 0.356 e. The van der Waals surface area contributed by atoms with Gasteiger partial charge in [0.2, 0.25) is 0 Å². The zero-order valence-electron chi connectivity index (χ0n) is 8.69.